The number of hydrogen-bond donors (Lipinski definition) is 1. The Morgan fingerprint density at radius 3 is 2.42 bits per heavy atom. The van der Waals surface area contributed by atoms with Crippen molar-refractivity contribution >= 4 is 11.2 Å². The van der Waals surface area contributed by atoms with E-state index in [4.69, 9.17) is 9.72 Å². The fourth-order valence-electron chi connectivity index (χ4n) is 5.15. The Morgan fingerprint density at radius 1 is 1.03 bits per heavy atom. The lowest BCUT2D eigenvalue weighted by Crippen LogP contribution is -2.40. The number of fused-ring (bicyclic) bond motifs is 1. The normalized spacial score (nSPS) is 14.0. The Morgan fingerprint density at radius 2 is 1.76 bits per heavy atom. The Bertz CT molecular complexity index is 1570. The first-order valence-electron chi connectivity index (χ1n) is 13.1. The summed E-state index contributed by atoms with van der Waals surface area (Å²) in [6, 6.07) is 9.76. The van der Waals surface area contributed by atoms with Crippen LogP contribution in [0, 0.1) is 12.7 Å². The lowest BCUT2D eigenvalue weighted by Gasteiger charge is -2.15. The summed E-state index contributed by atoms with van der Waals surface area (Å²) in [4.78, 5) is 36.4. The van der Waals surface area contributed by atoms with Gasteiger partial charge in [-0.05, 0) is 69.7 Å². The zero-order chi connectivity index (χ0) is 26.8. The molecular weight excluding hydrogens is 489 g/mol. The number of benzene rings is 1. The molecule has 1 aliphatic rings. The molecule has 3 heterocycles. The summed E-state index contributed by atoms with van der Waals surface area (Å²) >= 11 is 0. The number of aromatic nitrogens is 5. The first-order valence-corrected chi connectivity index (χ1v) is 13.1. The first-order chi connectivity index (χ1) is 18.4. The Balaban J connectivity index is 1.70. The fourth-order valence-corrected chi connectivity index (χ4v) is 5.15. The number of aliphatic hydroxyl groups is 1. The molecule has 1 fully saturated rings. The zero-order valence-electron chi connectivity index (χ0n) is 21.7. The third-order valence-corrected chi connectivity index (χ3v) is 7.12. The first kappa shape index (κ1) is 25.8. The molecule has 1 aromatic carbocycles. The SMILES string of the molecule is CCn1c(=O)n(CCCO)c(=O)c2c1nc(-c1ccc(OC3CCCC3)nc1C)n2Cc1ccc(F)cc1. The van der Waals surface area contributed by atoms with Gasteiger partial charge in [0.2, 0.25) is 5.88 Å². The van der Waals surface area contributed by atoms with Crippen LogP contribution in [0.4, 0.5) is 4.39 Å². The molecule has 0 aliphatic heterocycles. The van der Waals surface area contributed by atoms with Crippen LogP contribution in [0.5, 0.6) is 5.88 Å². The molecule has 0 radical (unpaired) electrons. The molecular formula is C28H32FN5O4. The van der Waals surface area contributed by atoms with Crippen molar-refractivity contribution in [3.63, 3.8) is 0 Å². The minimum atomic E-state index is -0.476. The maximum Gasteiger partial charge on any atom is 0.332 e. The van der Waals surface area contributed by atoms with Crippen LogP contribution in [0.2, 0.25) is 0 Å². The number of pyridine rings is 1. The van der Waals surface area contributed by atoms with Gasteiger partial charge in [-0.25, -0.2) is 19.2 Å². The van der Waals surface area contributed by atoms with Gasteiger partial charge in [-0.1, -0.05) is 12.1 Å². The highest BCUT2D eigenvalue weighted by Gasteiger charge is 2.24. The molecule has 9 nitrogen and oxygen atoms in total. The number of imidazole rings is 1. The van der Waals surface area contributed by atoms with Crippen molar-refractivity contribution in [2.45, 2.75) is 71.7 Å². The fraction of sp³-hybridized carbons (Fsp3) is 0.429. The second kappa shape index (κ2) is 10.9. The van der Waals surface area contributed by atoms with Crippen LogP contribution in [-0.2, 0) is 19.6 Å². The summed E-state index contributed by atoms with van der Waals surface area (Å²) in [5.41, 5.74) is 1.78. The second-order valence-electron chi connectivity index (χ2n) is 9.69. The Kier molecular flexibility index (Phi) is 7.42. The summed E-state index contributed by atoms with van der Waals surface area (Å²) in [6.45, 7) is 4.19. The van der Waals surface area contributed by atoms with Gasteiger partial charge in [-0.3, -0.25) is 13.9 Å². The van der Waals surface area contributed by atoms with Gasteiger partial charge in [-0.2, -0.15) is 0 Å². The van der Waals surface area contributed by atoms with Crippen LogP contribution < -0.4 is 16.0 Å². The van der Waals surface area contributed by atoms with Gasteiger partial charge in [0.05, 0.1) is 5.69 Å². The lowest BCUT2D eigenvalue weighted by molar-refractivity contribution is 0.201. The molecule has 0 atom stereocenters. The van der Waals surface area contributed by atoms with Gasteiger partial charge in [0.15, 0.2) is 11.2 Å². The third kappa shape index (κ3) is 4.88. The van der Waals surface area contributed by atoms with E-state index in [9.17, 15) is 19.1 Å². The van der Waals surface area contributed by atoms with Crippen molar-refractivity contribution in [3.8, 4) is 17.3 Å². The van der Waals surface area contributed by atoms with E-state index in [1.54, 1.807) is 16.7 Å². The van der Waals surface area contributed by atoms with E-state index in [0.29, 0.717) is 29.5 Å². The molecule has 1 saturated carbocycles. The van der Waals surface area contributed by atoms with Crippen LogP contribution >= 0.6 is 0 Å². The van der Waals surface area contributed by atoms with Gasteiger partial charge < -0.3 is 14.4 Å². The average Bonchev–Trinajstić information content (AvgIpc) is 3.54. The summed E-state index contributed by atoms with van der Waals surface area (Å²) < 4.78 is 24.1. The van der Waals surface area contributed by atoms with Crippen LogP contribution in [0.3, 0.4) is 0 Å². The molecule has 200 valence electrons. The van der Waals surface area contributed by atoms with E-state index in [1.165, 1.54) is 16.7 Å². The Labute approximate surface area is 219 Å². The van der Waals surface area contributed by atoms with Crippen LogP contribution in [0.15, 0.2) is 46.0 Å². The number of ether oxygens (including phenoxy) is 1. The molecule has 1 aliphatic carbocycles. The van der Waals surface area contributed by atoms with Crippen molar-refractivity contribution in [3.05, 3.63) is 74.3 Å². The summed E-state index contributed by atoms with van der Waals surface area (Å²) in [6.07, 6.45) is 4.80. The number of halogens is 1. The molecule has 5 rings (SSSR count). The van der Waals surface area contributed by atoms with Gasteiger partial charge in [-0.15, -0.1) is 0 Å². The number of hydrogen-bond acceptors (Lipinski definition) is 6. The molecule has 10 heteroatoms. The smallest absolute Gasteiger partial charge is 0.332 e. The highest BCUT2D eigenvalue weighted by Crippen LogP contribution is 2.29. The van der Waals surface area contributed by atoms with Crippen molar-refractivity contribution in [2.24, 2.45) is 0 Å². The van der Waals surface area contributed by atoms with Crippen LogP contribution in [0.1, 0.15) is 50.3 Å². The third-order valence-electron chi connectivity index (χ3n) is 7.12. The molecule has 0 bridgehead atoms. The highest BCUT2D eigenvalue weighted by molar-refractivity contribution is 5.78. The average molecular weight is 522 g/mol. The van der Waals surface area contributed by atoms with E-state index in [2.05, 4.69) is 4.98 Å². The van der Waals surface area contributed by atoms with Gasteiger partial charge >= 0.3 is 5.69 Å². The molecule has 38 heavy (non-hydrogen) atoms. The predicted molar refractivity (Wildman–Crippen MR) is 142 cm³/mol. The molecule has 0 spiro atoms. The largest absolute Gasteiger partial charge is 0.474 e. The highest BCUT2D eigenvalue weighted by atomic mass is 19.1. The van der Waals surface area contributed by atoms with E-state index < -0.39 is 11.2 Å². The van der Waals surface area contributed by atoms with E-state index in [0.717, 1.165) is 35.8 Å². The number of rotatable bonds is 9. The van der Waals surface area contributed by atoms with E-state index >= 15 is 0 Å². The summed E-state index contributed by atoms with van der Waals surface area (Å²) in [5, 5.41) is 9.33. The summed E-state index contributed by atoms with van der Waals surface area (Å²) in [5.74, 6) is 0.685. The number of aliphatic hydroxyl groups excluding tert-OH is 1. The maximum atomic E-state index is 13.7. The Hall–Kier alpha value is -3.79. The van der Waals surface area contributed by atoms with E-state index in [-0.39, 0.29) is 49.2 Å². The predicted octanol–water partition coefficient (Wildman–Crippen LogP) is 3.64. The summed E-state index contributed by atoms with van der Waals surface area (Å²) in [7, 11) is 0. The molecule has 0 saturated heterocycles. The second-order valence-corrected chi connectivity index (χ2v) is 9.69. The zero-order valence-corrected chi connectivity index (χ0v) is 21.7. The standard InChI is InChI=1S/C28H32FN5O4/c1-3-32-26-24(27(36)33(28(32)37)15-6-16-35)34(17-19-9-11-20(29)12-10-19)25(31-26)22-13-14-23(30-18(22)2)38-21-7-4-5-8-21/h9-14,21,35H,3-8,15-17H2,1-2H3. The van der Waals surface area contributed by atoms with Gasteiger partial charge in [0, 0.05) is 37.9 Å². The minimum Gasteiger partial charge on any atom is -0.474 e. The van der Waals surface area contributed by atoms with Crippen molar-refractivity contribution in [1.29, 1.82) is 0 Å². The van der Waals surface area contributed by atoms with Gasteiger partial charge in [0.1, 0.15) is 17.7 Å². The van der Waals surface area contributed by atoms with Crippen molar-refractivity contribution < 1.29 is 14.2 Å². The van der Waals surface area contributed by atoms with Crippen molar-refractivity contribution in [1.82, 2.24) is 23.7 Å². The molecule has 0 amide bonds. The number of aryl methyl sites for hydroxylation is 2. The molecule has 1 N–H and O–H groups in total. The number of nitrogens with zero attached hydrogens (tertiary/aromatic N) is 5. The topological polar surface area (TPSA) is 104 Å². The lowest BCUT2D eigenvalue weighted by atomic mass is 10.1. The van der Waals surface area contributed by atoms with Gasteiger partial charge in [0.25, 0.3) is 5.56 Å². The van der Waals surface area contributed by atoms with Crippen molar-refractivity contribution in [2.75, 3.05) is 6.61 Å². The molecule has 0 unspecified atom stereocenters. The monoisotopic (exact) mass is 521 g/mol. The quantitative estimate of drug-likeness (QED) is 0.361. The molecule has 4 aromatic rings. The van der Waals surface area contributed by atoms with Crippen LogP contribution in [0.25, 0.3) is 22.6 Å². The molecule has 3 aromatic heterocycles. The minimum absolute atomic E-state index is 0.0922. The van der Waals surface area contributed by atoms with Crippen LogP contribution in [-0.4, -0.2) is 41.5 Å². The van der Waals surface area contributed by atoms with E-state index in [1.807, 2.05) is 26.0 Å². The maximum absolute atomic E-state index is 13.7.